The second-order valence-corrected chi connectivity index (χ2v) is 0. The third-order valence-electron chi connectivity index (χ3n) is 0. The largest absolute Gasteiger partial charge is 3.00 e. The maximum absolute atomic E-state index is 0. The predicted octanol–water partition coefficient (Wildman–Crippen LogP) is -2.96. The van der Waals surface area contributed by atoms with Crippen LogP contribution in [0.2, 0.25) is 0 Å². The number of hydrogen-bond donors (Lipinski definition) is 0. The van der Waals surface area contributed by atoms with E-state index in [2.05, 4.69) is 0 Å². The Bertz CT molecular complexity index is 17.8. The molecular weight excluding hydrogens is 262 g/mol. The maximum atomic E-state index is 0. The van der Waals surface area contributed by atoms with Crippen molar-refractivity contribution in [2.45, 2.75) is 0 Å². The molecule has 48 valence electrons. The Hall–Kier alpha value is 3.52. The van der Waals surface area contributed by atoms with Crippen molar-refractivity contribution in [1.29, 1.82) is 0 Å². The van der Waals surface area contributed by atoms with E-state index in [0.717, 1.165) is 0 Å². The molecule has 0 rings (SSSR count). The number of hydrogen-bond acceptors (Lipinski definition) is 0. The third kappa shape index (κ3) is 84.3. The molecule has 0 unspecified atom stereocenters. The van der Waals surface area contributed by atoms with Gasteiger partial charge < -0.3 is 16.4 Å². The molecule has 0 aliphatic heterocycles. The van der Waals surface area contributed by atoms with Gasteiger partial charge in [0.1, 0.15) is 0 Å². The predicted molar refractivity (Wildman–Crippen MR) is 30.7 cm³/mol. The van der Waals surface area contributed by atoms with Gasteiger partial charge in [-0.25, -0.2) is 0 Å². The third-order valence-corrected chi connectivity index (χ3v) is 0. The molecular formula is H4Al2Fe2Mg2O3. The minimum atomic E-state index is 0. The van der Waals surface area contributed by atoms with Crippen LogP contribution >= 0.6 is 0 Å². The first-order valence-electron chi connectivity index (χ1n) is 0. The van der Waals surface area contributed by atoms with E-state index in [1.54, 1.807) is 0 Å². The second kappa shape index (κ2) is 103. The molecule has 0 heterocycles. The maximum Gasteiger partial charge on any atom is 3.00 e. The molecule has 0 radical (unpaired) electrons. The van der Waals surface area contributed by atoms with Gasteiger partial charge in [-0.1, -0.05) is 0 Å². The molecule has 0 aromatic carbocycles. The van der Waals surface area contributed by atoms with Crippen LogP contribution in [-0.2, 0) is 50.6 Å². The molecule has 0 aromatic rings. The summed E-state index contributed by atoms with van der Waals surface area (Å²) in [5, 5.41) is 0. The first kappa shape index (κ1) is 134. The summed E-state index contributed by atoms with van der Waals surface area (Å²) in [6.07, 6.45) is 0. The van der Waals surface area contributed by atoms with Gasteiger partial charge in [-0.15, -0.1) is 0 Å². The van der Waals surface area contributed by atoms with E-state index in [9.17, 15) is 0 Å². The second-order valence-electron chi connectivity index (χ2n) is 0. The van der Waals surface area contributed by atoms with Gasteiger partial charge in [-0.3, -0.25) is 0 Å². The van der Waals surface area contributed by atoms with E-state index in [0.29, 0.717) is 0 Å². The first-order valence-corrected chi connectivity index (χ1v) is 0. The molecule has 0 aromatic heterocycles. The molecule has 0 aliphatic rings. The van der Waals surface area contributed by atoms with Gasteiger partial charge in [0.05, 0.1) is 0 Å². The van der Waals surface area contributed by atoms with Crippen LogP contribution in [0, 0.1) is 0 Å². The summed E-state index contributed by atoms with van der Waals surface area (Å²) < 4.78 is 0. The zero-order chi connectivity index (χ0) is 0. The smallest absolute Gasteiger partial charge is 2.00 e. The van der Waals surface area contributed by atoms with Crippen molar-refractivity contribution in [2.75, 3.05) is 0 Å². The average Bonchev–Trinajstić information content (AvgIpc) is 0. The molecule has 0 fully saturated rings. The van der Waals surface area contributed by atoms with Crippen LogP contribution in [0.25, 0.3) is 0 Å². The molecule has 0 bridgehead atoms. The van der Waals surface area contributed by atoms with Crippen molar-refractivity contribution in [2.24, 2.45) is 0 Å². The summed E-state index contributed by atoms with van der Waals surface area (Å²) in [6.45, 7) is 0. The molecule has 9 heteroatoms. The van der Waals surface area contributed by atoms with E-state index in [1.807, 2.05) is 0 Å². The Balaban J connectivity index is 0. The summed E-state index contributed by atoms with van der Waals surface area (Å²) in [5.41, 5.74) is 0. The van der Waals surface area contributed by atoms with Gasteiger partial charge >= 0.3 is 80.8 Å². The summed E-state index contributed by atoms with van der Waals surface area (Å²) in [6, 6.07) is 0. The fourth-order valence-corrected chi connectivity index (χ4v) is 0. The topological polar surface area (TPSA) is 85.5 Å². The molecule has 0 N–H and O–H groups in total. The summed E-state index contributed by atoms with van der Waals surface area (Å²) in [4.78, 5) is 0. The van der Waals surface area contributed by atoms with Crippen LogP contribution in [0.3, 0.4) is 0 Å². The Labute approximate surface area is 129 Å². The fourth-order valence-electron chi connectivity index (χ4n) is 0. The monoisotopic (exact) mass is 266 g/mol. The van der Waals surface area contributed by atoms with E-state index >= 15 is 0 Å². The molecule has 0 saturated carbocycles. The van der Waals surface area contributed by atoms with Crippen molar-refractivity contribution >= 4 is 80.8 Å². The van der Waals surface area contributed by atoms with Gasteiger partial charge in [-0.05, 0) is 0 Å². The van der Waals surface area contributed by atoms with Gasteiger partial charge in [0.2, 0.25) is 0 Å². The Morgan fingerprint density at radius 3 is 0.444 bits per heavy atom. The standard InChI is InChI=1S/2Al.2Fe.2Mg.3O.4H/q2*+3;;;;;3*-2;;;;. The molecule has 0 saturated heterocycles. The molecule has 3 nitrogen and oxygen atoms in total. The molecule has 0 spiro atoms. The van der Waals surface area contributed by atoms with Crippen LogP contribution in [0.4, 0.5) is 0 Å². The molecule has 0 aliphatic carbocycles. The minimum Gasteiger partial charge on any atom is -2.00 e. The van der Waals surface area contributed by atoms with Crippen molar-refractivity contribution in [3.8, 4) is 0 Å². The molecule has 0 amide bonds. The van der Waals surface area contributed by atoms with Gasteiger partial charge in [0, 0.05) is 34.1 Å². The van der Waals surface area contributed by atoms with Crippen molar-refractivity contribution < 1.29 is 50.6 Å². The van der Waals surface area contributed by atoms with Crippen LogP contribution < -0.4 is 0 Å². The van der Waals surface area contributed by atoms with Crippen molar-refractivity contribution in [1.82, 2.24) is 0 Å². The summed E-state index contributed by atoms with van der Waals surface area (Å²) >= 11 is 0. The first-order chi connectivity index (χ1) is 0. The number of rotatable bonds is 0. The Kier molecular flexibility index (Phi) is 1540. The van der Waals surface area contributed by atoms with E-state index < -0.39 is 0 Å². The van der Waals surface area contributed by atoms with Crippen molar-refractivity contribution in [3.63, 3.8) is 0 Å². The minimum absolute atomic E-state index is 0. The van der Waals surface area contributed by atoms with Crippen LogP contribution in [0.15, 0.2) is 0 Å². The Morgan fingerprint density at radius 2 is 0.444 bits per heavy atom. The summed E-state index contributed by atoms with van der Waals surface area (Å²) in [5.74, 6) is 0. The van der Waals surface area contributed by atoms with Gasteiger partial charge in [0.25, 0.3) is 0 Å². The van der Waals surface area contributed by atoms with Crippen LogP contribution in [0.5, 0.6) is 0 Å². The van der Waals surface area contributed by atoms with E-state index in [4.69, 9.17) is 0 Å². The fraction of sp³-hybridized carbons (Fsp3) is 0. The molecule has 0 atom stereocenters. The van der Waals surface area contributed by atoms with Gasteiger partial charge in [0.15, 0.2) is 0 Å². The van der Waals surface area contributed by atoms with Crippen LogP contribution in [0.1, 0.15) is 0 Å². The van der Waals surface area contributed by atoms with E-state index in [1.165, 1.54) is 0 Å². The van der Waals surface area contributed by atoms with Gasteiger partial charge in [-0.2, -0.15) is 0 Å². The Morgan fingerprint density at radius 1 is 0.444 bits per heavy atom. The van der Waals surface area contributed by atoms with Crippen LogP contribution in [-0.4, -0.2) is 80.8 Å². The normalized spacial score (nSPS) is 0. The summed E-state index contributed by atoms with van der Waals surface area (Å²) in [7, 11) is 0. The zero-order valence-electron chi connectivity index (χ0n) is 3.09. The molecule has 9 heavy (non-hydrogen) atoms. The average molecular weight is 266 g/mol. The van der Waals surface area contributed by atoms with Crippen molar-refractivity contribution in [3.05, 3.63) is 0 Å². The zero-order valence-corrected chi connectivity index (χ0v) is 7.60. The van der Waals surface area contributed by atoms with E-state index in [-0.39, 0.29) is 131 Å². The SMILES string of the molecule is [Al+3].[Al+3].[Fe].[Fe].[MgH2].[MgH2].[O-2].[O-2].[O-2]. The quantitative estimate of drug-likeness (QED) is 0.420.